The van der Waals surface area contributed by atoms with E-state index in [4.69, 9.17) is 16.3 Å². The minimum absolute atomic E-state index is 0.103. The molecular weight excluding hydrogens is 357 g/mol. The van der Waals surface area contributed by atoms with Crippen LogP contribution in [-0.4, -0.2) is 21.0 Å². The van der Waals surface area contributed by atoms with Gasteiger partial charge in [-0.2, -0.15) is 4.72 Å². The summed E-state index contributed by atoms with van der Waals surface area (Å²) in [6.45, 7) is 1.72. The maximum atomic E-state index is 13.2. The van der Waals surface area contributed by atoms with Gasteiger partial charge < -0.3 is 4.74 Å². The molecule has 0 bridgehead atoms. The molecule has 1 unspecified atom stereocenters. The first-order valence-corrected chi connectivity index (χ1v) is 8.90. The number of sulfonamides is 1. The van der Waals surface area contributed by atoms with Gasteiger partial charge in [0.15, 0.2) is 0 Å². The fraction of sp³-hybridized carbons (Fsp3) is 0.188. The monoisotopic (exact) mass is 371 g/mol. The summed E-state index contributed by atoms with van der Waals surface area (Å²) in [6, 6.07) is 10.0. The summed E-state index contributed by atoms with van der Waals surface area (Å²) in [5.74, 6) is -1.47. The van der Waals surface area contributed by atoms with Gasteiger partial charge in [-0.3, -0.25) is 0 Å². The normalized spacial score (nSPS) is 12.6. The molecule has 2 aromatic rings. The smallest absolute Gasteiger partial charge is 0.328 e. The van der Waals surface area contributed by atoms with Gasteiger partial charge in [0.2, 0.25) is 10.0 Å². The number of hydrogen-bond acceptors (Lipinski definition) is 4. The summed E-state index contributed by atoms with van der Waals surface area (Å²) in [5, 5.41) is -0.328. The van der Waals surface area contributed by atoms with Gasteiger partial charge >= 0.3 is 5.97 Å². The number of rotatable bonds is 6. The fourth-order valence-electron chi connectivity index (χ4n) is 1.99. The Morgan fingerprint density at radius 2 is 1.92 bits per heavy atom. The highest BCUT2D eigenvalue weighted by Crippen LogP contribution is 2.22. The summed E-state index contributed by atoms with van der Waals surface area (Å²) >= 11 is 5.63. The van der Waals surface area contributed by atoms with Crippen LogP contribution >= 0.6 is 11.6 Å². The molecule has 0 heterocycles. The maximum Gasteiger partial charge on any atom is 0.328 e. The van der Waals surface area contributed by atoms with Gasteiger partial charge in [0.05, 0.1) is 16.5 Å². The molecule has 0 radical (unpaired) electrons. The number of hydrogen-bond donors (Lipinski definition) is 1. The van der Waals surface area contributed by atoms with Gasteiger partial charge in [0.1, 0.15) is 11.9 Å². The van der Waals surface area contributed by atoms with Crippen LogP contribution in [0.25, 0.3) is 0 Å². The molecule has 0 aliphatic carbocycles. The lowest BCUT2D eigenvalue weighted by Crippen LogP contribution is -2.35. The number of carbonyl (C=O) groups excluding carboxylic acids is 1. The summed E-state index contributed by atoms with van der Waals surface area (Å²) in [6.07, 6.45) is 0. The third-order valence-corrected chi connectivity index (χ3v) is 4.84. The molecule has 2 aromatic carbocycles. The molecular formula is C16H15ClFNO4S. The van der Waals surface area contributed by atoms with E-state index >= 15 is 0 Å². The first-order chi connectivity index (χ1) is 11.3. The molecule has 128 valence electrons. The largest absolute Gasteiger partial charge is 0.465 e. The van der Waals surface area contributed by atoms with Crippen LogP contribution in [0.4, 0.5) is 4.39 Å². The van der Waals surface area contributed by atoms with Crippen molar-refractivity contribution < 1.29 is 22.3 Å². The fourth-order valence-corrected chi connectivity index (χ4v) is 3.43. The lowest BCUT2D eigenvalue weighted by Gasteiger charge is -2.18. The minimum atomic E-state index is -4.11. The number of halogens is 2. The van der Waals surface area contributed by atoms with Crippen molar-refractivity contribution in [3.05, 3.63) is 64.9 Å². The van der Waals surface area contributed by atoms with Gasteiger partial charge in [-0.1, -0.05) is 41.9 Å². The Labute approximate surface area is 144 Å². The average molecular weight is 372 g/mol. The summed E-state index contributed by atoms with van der Waals surface area (Å²) in [4.78, 5) is 11.9. The van der Waals surface area contributed by atoms with E-state index in [0.29, 0.717) is 5.56 Å². The van der Waals surface area contributed by atoms with Crippen molar-refractivity contribution in [3.8, 4) is 0 Å². The Hall–Kier alpha value is -1.96. The second-order valence-electron chi connectivity index (χ2n) is 4.79. The Bertz CT molecular complexity index is 827. The zero-order chi connectivity index (χ0) is 17.7. The Kier molecular flexibility index (Phi) is 5.93. The lowest BCUT2D eigenvalue weighted by atomic mass is 10.1. The summed E-state index contributed by atoms with van der Waals surface area (Å²) in [5.41, 5.74) is 0.424. The van der Waals surface area contributed by atoms with Crippen molar-refractivity contribution in [1.29, 1.82) is 0 Å². The van der Waals surface area contributed by atoms with Crippen LogP contribution in [-0.2, 0) is 19.6 Å². The highest BCUT2D eigenvalue weighted by molar-refractivity contribution is 7.89. The van der Waals surface area contributed by atoms with Crippen molar-refractivity contribution >= 4 is 27.6 Å². The maximum absolute atomic E-state index is 13.2. The number of carbonyl (C=O) groups is 1. The van der Waals surface area contributed by atoms with Crippen LogP contribution in [0.15, 0.2) is 53.4 Å². The second-order valence-corrected chi connectivity index (χ2v) is 6.91. The van der Waals surface area contributed by atoms with Crippen molar-refractivity contribution in [2.24, 2.45) is 0 Å². The first kappa shape index (κ1) is 18.4. The molecule has 24 heavy (non-hydrogen) atoms. The van der Waals surface area contributed by atoms with Crippen molar-refractivity contribution in [3.63, 3.8) is 0 Å². The average Bonchev–Trinajstić information content (AvgIpc) is 2.56. The van der Waals surface area contributed by atoms with Crippen LogP contribution in [0.5, 0.6) is 0 Å². The number of nitrogens with one attached hydrogen (secondary N) is 1. The van der Waals surface area contributed by atoms with E-state index in [1.165, 1.54) is 0 Å². The number of ether oxygens (including phenoxy) is 1. The highest BCUT2D eigenvalue weighted by atomic mass is 35.5. The molecule has 8 heteroatoms. The SMILES string of the molecule is CCOC(=O)C(NS(=O)(=O)c1ccc(F)c(Cl)c1)c1ccccc1. The molecule has 0 spiro atoms. The van der Waals surface area contributed by atoms with E-state index in [0.717, 1.165) is 18.2 Å². The van der Waals surface area contributed by atoms with Gasteiger partial charge in [-0.05, 0) is 30.7 Å². The van der Waals surface area contributed by atoms with Crippen LogP contribution in [0.3, 0.4) is 0 Å². The Balaban J connectivity index is 2.37. The number of esters is 1. The molecule has 2 rings (SSSR count). The molecule has 0 saturated heterocycles. The van der Waals surface area contributed by atoms with Gasteiger partial charge in [0, 0.05) is 0 Å². The Morgan fingerprint density at radius 1 is 1.25 bits per heavy atom. The zero-order valence-corrected chi connectivity index (χ0v) is 14.3. The van der Waals surface area contributed by atoms with E-state index in [1.54, 1.807) is 37.3 Å². The van der Waals surface area contributed by atoms with Crippen molar-refractivity contribution in [1.82, 2.24) is 4.72 Å². The topological polar surface area (TPSA) is 72.5 Å². The van der Waals surface area contributed by atoms with E-state index < -0.39 is 27.9 Å². The van der Waals surface area contributed by atoms with Crippen LogP contribution in [0, 0.1) is 5.82 Å². The van der Waals surface area contributed by atoms with Gasteiger partial charge in [0.25, 0.3) is 0 Å². The van der Waals surface area contributed by atoms with Crippen LogP contribution in [0.2, 0.25) is 5.02 Å². The van der Waals surface area contributed by atoms with E-state index in [-0.39, 0.29) is 16.5 Å². The molecule has 0 fully saturated rings. The summed E-state index contributed by atoms with van der Waals surface area (Å²) in [7, 11) is -4.11. The second kappa shape index (κ2) is 7.74. The molecule has 0 aromatic heterocycles. The van der Waals surface area contributed by atoms with Crippen LogP contribution < -0.4 is 4.72 Å². The highest BCUT2D eigenvalue weighted by Gasteiger charge is 2.28. The Morgan fingerprint density at radius 3 is 2.50 bits per heavy atom. The number of benzene rings is 2. The van der Waals surface area contributed by atoms with E-state index in [9.17, 15) is 17.6 Å². The molecule has 0 aliphatic heterocycles. The lowest BCUT2D eigenvalue weighted by molar-refractivity contribution is -0.145. The first-order valence-electron chi connectivity index (χ1n) is 7.04. The van der Waals surface area contributed by atoms with E-state index in [2.05, 4.69) is 4.72 Å². The van der Waals surface area contributed by atoms with Crippen LogP contribution in [0.1, 0.15) is 18.5 Å². The predicted octanol–water partition coefficient (Wildman–Crippen LogP) is 3.06. The molecule has 5 nitrogen and oxygen atoms in total. The minimum Gasteiger partial charge on any atom is -0.465 e. The molecule has 1 N–H and O–H groups in total. The predicted molar refractivity (Wildman–Crippen MR) is 87.5 cm³/mol. The van der Waals surface area contributed by atoms with Gasteiger partial charge in [-0.15, -0.1) is 0 Å². The van der Waals surface area contributed by atoms with Gasteiger partial charge in [-0.25, -0.2) is 17.6 Å². The van der Waals surface area contributed by atoms with Crippen molar-refractivity contribution in [2.45, 2.75) is 17.9 Å². The zero-order valence-electron chi connectivity index (χ0n) is 12.7. The molecule has 1 atom stereocenters. The summed E-state index contributed by atoms with van der Waals surface area (Å²) < 4.78 is 45.4. The molecule has 0 saturated carbocycles. The molecule has 0 aliphatic rings. The molecule has 0 amide bonds. The third kappa shape index (κ3) is 4.31. The quantitative estimate of drug-likeness (QED) is 0.792. The van der Waals surface area contributed by atoms with Crippen molar-refractivity contribution in [2.75, 3.05) is 6.61 Å². The third-order valence-electron chi connectivity index (χ3n) is 3.13. The van der Waals surface area contributed by atoms with E-state index in [1.807, 2.05) is 0 Å². The standard InChI is InChI=1S/C16H15ClFNO4S/c1-2-23-16(20)15(11-6-4-3-5-7-11)19-24(21,22)12-8-9-14(18)13(17)10-12/h3-10,15,19H,2H2,1H3.